The van der Waals surface area contributed by atoms with Crippen molar-refractivity contribution < 1.29 is 31.1 Å². The number of rotatable bonds is 2. The largest absolute Gasteiger partial charge is 0.741 e. The Bertz CT molecular complexity index is 1280. The summed E-state index contributed by atoms with van der Waals surface area (Å²) in [4.78, 5) is 11.6. The number of nitro groups is 1. The fourth-order valence-electron chi connectivity index (χ4n) is 2.81. The highest BCUT2D eigenvalue weighted by Gasteiger charge is 2.36. The monoisotopic (exact) mass is 455 g/mol. The van der Waals surface area contributed by atoms with Crippen LogP contribution in [-0.2, 0) is 10.1 Å². The molecule has 0 spiro atoms. The van der Waals surface area contributed by atoms with E-state index in [1.807, 2.05) is 12.1 Å². The quantitative estimate of drug-likeness (QED) is 0.127. The molecular weight excluding hydrogens is 443 g/mol. The SMILES string of the molecule is O=S(=O)([O-])C(F)(F)F.O=[N+]([O-])c1ccc(-[s+]2c3ccccc3c3ccccc32)cc1. The zero-order chi connectivity index (χ0) is 22.1. The maximum Gasteiger partial charge on any atom is 0.485 e. The molecule has 0 fully saturated rings. The highest BCUT2D eigenvalue weighted by molar-refractivity contribution is 7.86. The van der Waals surface area contributed by atoms with Crippen molar-refractivity contribution in [1.82, 2.24) is 0 Å². The molecule has 4 rings (SSSR count). The number of halogens is 3. The van der Waals surface area contributed by atoms with Crippen molar-refractivity contribution in [2.45, 2.75) is 5.51 Å². The third-order valence-corrected chi connectivity index (χ3v) is 6.97. The van der Waals surface area contributed by atoms with Crippen molar-refractivity contribution in [2.24, 2.45) is 0 Å². The van der Waals surface area contributed by atoms with Gasteiger partial charge in [0, 0.05) is 45.5 Å². The van der Waals surface area contributed by atoms with Gasteiger partial charge in [0.15, 0.2) is 24.4 Å². The van der Waals surface area contributed by atoms with Crippen molar-refractivity contribution >= 4 is 46.4 Å². The van der Waals surface area contributed by atoms with Gasteiger partial charge in [0.2, 0.25) is 0 Å². The molecule has 156 valence electrons. The van der Waals surface area contributed by atoms with Crippen molar-refractivity contribution in [3.8, 4) is 4.90 Å². The third-order valence-electron chi connectivity index (χ3n) is 4.07. The lowest BCUT2D eigenvalue weighted by molar-refractivity contribution is -0.384. The van der Waals surface area contributed by atoms with Gasteiger partial charge in [-0.25, -0.2) is 8.42 Å². The fraction of sp³-hybridized carbons (Fsp3) is 0.0526. The van der Waals surface area contributed by atoms with Gasteiger partial charge in [-0.1, -0.05) is 24.3 Å². The van der Waals surface area contributed by atoms with Crippen LogP contribution in [0.5, 0.6) is 0 Å². The lowest BCUT2D eigenvalue weighted by Gasteiger charge is -2.08. The number of hydrogen-bond donors (Lipinski definition) is 0. The summed E-state index contributed by atoms with van der Waals surface area (Å²) in [6, 6.07) is 23.7. The molecule has 4 aromatic rings. The van der Waals surface area contributed by atoms with E-state index in [1.165, 1.54) is 20.2 Å². The number of fused-ring (bicyclic) bond motifs is 3. The number of nitrogens with zero attached hydrogens (tertiary/aromatic N) is 1. The maximum atomic E-state index is 10.8. The minimum Gasteiger partial charge on any atom is -0.741 e. The minimum atomic E-state index is -6.09. The lowest BCUT2D eigenvalue weighted by atomic mass is 10.2. The topological polar surface area (TPSA) is 100 Å². The standard InChI is InChI=1S/C18H12NO2S.CHF3O3S/c20-19(21)13-9-11-14(12-10-13)22-17-7-3-1-5-15(17)16-6-2-4-8-18(16)22;2-1(3,4)8(5,6)7/h1-12H;(H,5,6,7)/q+1;/p-1. The van der Waals surface area contributed by atoms with Crippen LogP contribution in [0.15, 0.2) is 72.8 Å². The first-order chi connectivity index (χ1) is 14.0. The highest BCUT2D eigenvalue weighted by Crippen LogP contribution is 2.48. The smallest absolute Gasteiger partial charge is 0.485 e. The Kier molecular flexibility index (Phi) is 5.79. The highest BCUT2D eigenvalue weighted by atomic mass is 32.2. The molecule has 0 aliphatic heterocycles. The van der Waals surface area contributed by atoms with Gasteiger partial charge in [-0.2, -0.15) is 13.2 Å². The normalized spacial score (nSPS) is 11.9. The van der Waals surface area contributed by atoms with Crippen molar-refractivity contribution in [1.29, 1.82) is 0 Å². The summed E-state index contributed by atoms with van der Waals surface area (Å²) in [6.45, 7) is 0. The number of thiophene rings is 1. The molecule has 3 aromatic carbocycles. The Labute approximate surface area is 171 Å². The molecule has 11 heteroatoms. The molecule has 0 aliphatic rings. The van der Waals surface area contributed by atoms with Crippen LogP contribution < -0.4 is 0 Å². The molecule has 30 heavy (non-hydrogen) atoms. The predicted octanol–water partition coefficient (Wildman–Crippen LogP) is 5.69. The summed E-state index contributed by atoms with van der Waals surface area (Å²) < 4.78 is 61.5. The molecule has 0 saturated heterocycles. The summed E-state index contributed by atoms with van der Waals surface area (Å²) in [7, 11) is -6.27. The van der Waals surface area contributed by atoms with Crippen LogP contribution in [0.4, 0.5) is 18.9 Å². The van der Waals surface area contributed by atoms with E-state index < -0.39 is 15.6 Å². The molecule has 0 bridgehead atoms. The molecule has 0 aliphatic carbocycles. The number of non-ortho nitro benzene ring substituents is 1. The van der Waals surface area contributed by atoms with E-state index in [1.54, 1.807) is 12.1 Å². The Hall–Kier alpha value is -3.02. The van der Waals surface area contributed by atoms with E-state index in [-0.39, 0.29) is 21.1 Å². The number of alkyl halides is 3. The summed E-state index contributed by atoms with van der Waals surface area (Å²) in [6.07, 6.45) is 0. The second-order valence-corrected chi connectivity index (χ2v) is 9.28. The molecule has 0 unspecified atom stereocenters. The Morgan fingerprint density at radius 2 is 1.20 bits per heavy atom. The van der Waals surface area contributed by atoms with Gasteiger partial charge in [0.25, 0.3) is 5.69 Å². The average molecular weight is 455 g/mol. The number of nitro benzene ring substituents is 1. The summed E-state index contributed by atoms with van der Waals surface area (Å²) in [5, 5.41) is 13.4. The molecule has 0 saturated carbocycles. The molecule has 1 aromatic heterocycles. The second kappa shape index (κ2) is 8.01. The van der Waals surface area contributed by atoms with Crippen LogP contribution in [0.2, 0.25) is 0 Å². The molecule has 6 nitrogen and oxygen atoms in total. The number of hydrogen-bond acceptors (Lipinski definition) is 5. The molecule has 0 N–H and O–H groups in total. The molecule has 0 atom stereocenters. The fourth-order valence-corrected chi connectivity index (χ4v) is 5.19. The van der Waals surface area contributed by atoms with E-state index in [0.29, 0.717) is 0 Å². The summed E-state index contributed by atoms with van der Waals surface area (Å²) in [5.41, 5.74) is -5.51. The zero-order valence-corrected chi connectivity index (χ0v) is 16.5. The second-order valence-electron chi connectivity index (χ2n) is 5.95. The average Bonchev–Trinajstić information content (AvgIpc) is 3.01. The molecule has 0 radical (unpaired) electrons. The van der Waals surface area contributed by atoms with E-state index in [4.69, 9.17) is 13.0 Å². The van der Waals surface area contributed by atoms with Gasteiger partial charge in [-0.3, -0.25) is 10.1 Å². The van der Waals surface area contributed by atoms with Crippen LogP contribution in [-0.4, -0.2) is 23.4 Å². The van der Waals surface area contributed by atoms with Crippen LogP contribution >= 0.6 is 10.5 Å². The van der Waals surface area contributed by atoms with Crippen LogP contribution in [0, 0.1) is 10.1 Å². The van der Waals surface area contributed by atoms with Crippen LogP contribution in [0.1, 0.15) is 0 Å². The summed E-state index contributed by atoms with van der Waals surface area (Å²) in [5.74, 6) is 0. The van der Waals surface area contributed by atoms with Crippen LogP contribution in [0.25, 0.3) is 25.1 Å². The maximum absolute atomic E-state index is 10.8. The Balaban J connectivity index is 0.000000275. The predicted molar refractivity (Wildman–Crippen MR) is 108 cm³/mol. The van der Waals surface area contributed by atoms with Gasteiger partial charge in [0.1, 0.15) is 0 Å². The first-order valence-corrected chi connectivity index (χ1v) is 10.8. The number of benzene rings is 3. The van der Waals surface area contributed by atoms with Gasteiger partial charge < -0.3 is 4.55 Å². The third kappa shape index (κ3) is 4.27. The first kappa shape index (κ1) is 21.7. The molecule has 1 heterocycles. The van der Waals surface area contributed by atoms with E-state index >= 15 is 0 Å². The lowest BCUT2D eigenvalue weighted by Crippen LogP contribution is -2.21. The first-order valence-electron chi connectivity index (χ1n) is 8.20. The van der Waals surface area contributed by atoms with E-state index in [2.05, 4.69) is 48.5 Å². The van der Waals surface area contributed by atoms with Gasteiger partial charge in [0.05, 0.1) is 4.92 Å². The summed E-state index contributed by atoms with van der Waals surface area (Å²) >= 11 is 0. The van der Waals surface area contributed by atoms with E-state index in [9.17, 15) is 23.3 Å². The molecule has 0 amide bonds. The molecular formula is C19H12F3NO5S2. The van der Waals surface area contributed by atoms with Gasteiger partial charge in [-0.05, 0) is 24.3 Å². The van der Waals surface area contributed by atoms with E-state index in [0.717, 1.165) is 4.90 Å². The van der Waals surface area contributed by atoms with Crippen molar-refractivity contribution in [3.05, 3.63) is 82.9 Å². The Morgan fingerprint density at radius 1 is 0.800 bits per heavy atom. The zero-order valence-electron chi connectivity index (χ0n) is 14.9. The minimum absolute atomic E-state index is 0.133. The van der Waals surface area contributed by atoms with Crippen molar-refractivity contribution in [3.63, 3.8) is 0 Å². The Morgan fingerprint density at radius 3 is 1.57 bits per heavy atom. The van der Waals surface area contributed by atoms with Gasteiger partial charge in [-0.15, -0.1) is 0 Å². The van der Waals surface area contributed by atoms with Crippen molar-refractivity contribution in [2.75, 3.05) is 0 Å². The van der Waals surface area contributed by atoms with Gasteiger partial charge >= 0.3 is 5.51 Å². The van der Waals surface area contributed by atoms with Crippen LogP contribution in [0.3, 0.4) is 0 Å².